The van der Waals surface area contributed by atoms with Gasteiger partial charge < -0.3 is 10.4 Å². The van der Waals surface area contributed by atoms with Crippen LogP contribution in [0.4, 0.5) is 0 Å². The summed E-state index contributed by atoms with van der Waals surface area (Å²) in [6, 6.07) is 9.60. The van der Waals surface area contributed by atoms with E-state index in [1.165, 1.54) is 0 Å². The summed E-state index contributed by atoms with van der Waals surface area (Å²) in [6.07, 6.45) is 3.24. The molecule has 2 aromatic rings. The van der Waals surface area contributed by atoms with Crippen molar-refractivity contribution in [1.82, 2.24) is 15.1 Å². The van der Waals surface area contributed by atoms with Gasteiger partial charge in [0.05, 0.1) is 5.69 Å². The van der Waals surface area contributed by atoms with Gasteiger partial charge in [-0.2, -0.15) is 5.10 Å². The molecule has 0 spiro atoms. The van der Waals surface area contributed by atoms with Crippen molar-refractivity contribution < 1.29 is 14.7 Å². The van der Waals surface area contributed by atoms with E-state index in [9.17, 15) is 9.59 Å². The van der Waals surface area contributed by atoms with Crippen LogP contribution in [0.1, 0.15) is 47.9 Å². The van der Waals surface area contributed by atoms with Crippen molar-refractivity contribution in [1.29, 1.82) is 0 Å². The van der Waals surface area contributed by atoms with Gasteiger partial charge in [-0.3, -0.25) is 9.59 Å². The summed E-state index contributed by atoms with van der Waals surface area (Å²) in [6.45, 7) is 1.81. The van der Waals surface area contributed by atoms with Crippen LogP contribution in [0.3, 0.4) is 0 Å². The van der Waals surface area contributed by atoms with E-state index in [0.717, 1.165) is 36.2 Å². The third-order valence-corrected chi connectivity index (χ3v) is 4.31. The molecule has 1 atom stereocenters. The van der Waals surface area contributed by atoms with E-state index in [2.05, 4.69) is 10.4 Å². The van der Waals surface area contributed by atoms with Gasteiger partial charge >= 0.3 is 5.97 Å². The third-order valence-electron chi connectivity index (χ3n) is 4.31. The Kier molecular flexibility index (Phi) is 4.64. The van der Waals surface area contributed by atoms with Gasteiger partial charge in [-0.1, -0.05) is 18.2 Å². The van der Waals surface area contributed by atoms with Gasteiger partial charge in [-0.15, -0.1) is 0 Å². The lowest BCUT2D eigenvalue weighted by molar-refractivity contribution is -0.137. The molecule has 0 fully saturated rings. The third kappa shape index (κ3) is 3.32. The Hall–Kier alpha value is -2.63. The number of aromatic nitrogens is 2. The highest BCUT2D eigenvalue weighted by Gasteiger charge is 2.27. The Balaban J connectivity index is 1.81. The molecule has 1 aromatic carbocycles. The first-order valence-corrected chi connectivity index (χ1v) is 8.25. The van der Waals surface area contributed by atoms with Gasteiger partial charge in [-0.25, -0.2) is 4.68 Å². The molecule has 0 saturated carbocycles. The molecule has 1 aliphatic rings. The molecule has 6 nitrogen and oxygen atoms in total. The number of rotatable bonds is 6. The summed E-state index contributed by atoms with van der Waals surface area (Å²) >= 11 is 0. The lowest BCUT2D eigenvalue weighted by Gasteiger charge is -2.12. The van der Waals surface area contributed by atoms with Crippen LogP contribution in [0.5, 0.6) is 0 Å². The monoisotopic (exact) mass is 327 g/mol. The fraction of sp³-hybridized carbons (Fsp3) is 0.389. The average molecular weight is 327 g/mol. The highest BCUT2D eigenvalue weighted by atomic mass is 16.4. The van der Waals surface area contributed by atoms with Crippen LogP contribution in [0.2, 0.25) is 0 Å². The number of carboxylic acid groups (broad SMARTS) is 1. The Morgan fingerprint density at radius 1 is 1.29 bits per heavy atom. The Bertz CT molecular complexity index is 752. The second kappa shape index (κ2) is 6.86. The zero-order valence-corrected chi connectivity index (χ0v) is 13.7. The highest BCUT2D eigenvalue weighted by Crippen LogP contribution is 2.27. The van der Waals surface area contributed by atoms with Gasteiger partial charge in [-0.05, 0) is 44.7 Å². The van der Waals surface area contributed by atoms with E-state index in [1.807, 2.05) is 41.9 Å². The van der Waals surface area contributed by atoms with Crippen molar-refractivity contribution in [3.8, 4) is 5.69 Å². The van der Waals surface area contributed by atoms with Crippen molar-refractivity contribution in [2.75, 3.05) is 0 Å². The van der Waals surface area contributed by atoms with E-state index in [4.69, 9.17) is 5.11 Å². The molecule has 2 N–H and O–H groups in total. The summed E-state index contributed by atoms with van der Waals surface area (Å²) < 4.78 is 1.86. The molecular weight excluding hydrogens is 306 g/mol. The van der Waals surface area contributed by atoms with Crippen LogP contribution in [-0.4, -0.2) is 32.8 Å². The molecule has 0 bridgehead atoms. The molecular formula is C18H21N3O3. The molecule has 0 aliphatic heterocycles. The lowest BCUT2D eigenvalue weighted by Crippen LogP contribution is -2.33. The van der Waals surface area contributed by atoms with Crippen molar-refractivity contribution >= 4 is 11.9 Å². The molecule has 1 aromatic heterocycles. The second-order valence-electron chi connectivity index (χ2n) is 6.18. The minimum atomic E-state index is -0.856. The molecule has 6 heteroatoms. The van der Waals surface area contributed by atoms with Gasteiger partial charge in [0.25, 0.3) is 5.91 Å². The number of carboxylic acids is 1. The minimum absolute atomic E-state index is 0.0397. The maximum absolute atomic E-state index is 12.6. The topological polar surface area (TPSA) is 84.2 Å². The number of nitrogens with one attached hydrogen (secondary N) is 1. The first kappa shape index (κ1) is 16.2. The number of aliphatic carboxylic acids is 1. The number of amides is 1. The van der Waals surface area contributed by atoms with E-state index >= 15 is 0 Å². The lowest BCUT2D eigenvalue weighted by atomic mass is 10.1. The van der Waals surface area contributed by atoms with Crippen molar-refractivity contribution in [2.45, 2.75) is 45.1 Å². The molecule has 3 rings (SSSR count). The SMILES string of the molecule is CC(CCC(=O)O)NC(=O)c1nn(-c2ccccc2)c2c1CCC2. The summed E-state index contributed by atoms with van der Waals surface area (Å²) in [4.78, 5) is 23.2. The van der Waals surface area contributed by atoms with E-state index in [1.54, 1.807) is 0 Å². The van der Waals surface area contributed by atoms with E-state index < -0.39 is 5.97 Å². The number of para-hydroxylation sites is 1. The number of benzene rings is 1. The molecule has 1 aliphatic carbocycles. The Labute approximate surface area is 140 Å². The molecule has 0 radical (unpaired) electrons. The maximum Gasteiger partial charge on any atom is 0.303 e. The predicted molar refractivity (Wildman–Crippen MR) is 89.4 cm³/mol. The summed E-state index contributed by atoms with van der Waals surface area (Å²) in [7, 11) is 0. The Morgan fingerprint density at radius 3 is 2.75 bits per heavy atom. The quantitative estimate of drug-likeness (QED) is 0.853. The number of hydrogen-bond acceptors (Lipinski definition) is 3. The van der Waals surface area contributed by atoms with Crippen molar-refractivity contribution in [2.24, 2.45) is 0 Å². The smallest absolute Gasteiger partial charge is 0.303 e. The fourth-order valence-electron chi connectivity index (χ4n) is 3.11. The van der Waals surface area contributed by atoms with Crippen LogP contribution in [-0.2, 0) is 17.6 Å². The number of carbonyl (C=O) groups excluding carboxylic acids is 1. The molecule has 126 valence electrons. The highest BCUT2D eigenvalue weighted by molar-refractivity contribution is 5.94. The van der Waals surface area contributed by atoms with Gasteiger partial charge in [0.2, 0.25) is 0 Å². The summed E-state index contributed by atoms with van der Waals surface area (Å²) in [5.74, 6) is -1.08. The zero-order valence-electron chi connectivity index (χ0n) is 13.7. The summed E-state index contributed by atoms with van der Waals surface area (Å²) in [5.41, 5.74) is 3.54. The van der Waals surface area contributed by atoms with Crippen molar-refractivity contribution in [3.05, 3.63) is 47.3 Å². The van der Waals surface area contributed by atoms with Crippen LogP contribution in [0.15, 0.2) is 30.3 Å². The van der Waals surface area contributed by atoms with Crippen LogP contribution < -0.4 is 5.32 Å². The largest absolute Gasteiger partial charge is 0.481 e. The van der Waals surface area contributed by atoms with Crippen LogP contribution in [0, 0.1) is 0 Å². The molecule has 0 saturated heterocycles. The molecule has 1 amide bonds. The predicted octanol–water partition coefficient (Wildman–Crippen LogP) is 2.34. The van der Waals surface area contributed by atoms with Gasteiger partial charge in [0.1, 0.15) is 0 Å². The van der Waals surface area contributed by atoms with E-state index in [-0.39, 0.29) is 18.4 Å². The second-order valence-corrected chi connectivity index (χ2v) is 6.18. The number of carbonyl (C=O) groups is 2. The van der Waals surface area contributed by atoms with Gasteiger partial charge in [0.15, 0.2) is 5.69 Å². The molecule has 1 unspecified atom stereocenters. The summed E-state index contributed by atoms with van der Waals surface area (Å²) in [5, 5.41) is 16.1. The maximum atomic E-state index is 12.6. The van der Waals surface area contributed by atoms with Crippen LogP contribution >= 0.6 is 0 Å². The Morgan fingerprint density at radius 2 is 2.04 bits per heavy atom. The zero-order chi connectivity index (χ0) is 17.1. The van der Waals surface area contributed by atoms with Crippen molar-refractivity contribution in [3.63, 3.8) is 0 Å². The molecule has 1 heterocycles. The first-order valence-electron chi connectivity index (χ1n) is 8.25. The number of hydrogen-bond donors (Lipinski definition) is 2. The van der Waals surface area contributed by atoms with Crippen LogP contribution in [0.25, 0.3) is 5.69 Å². The van der Waals surface area contributed by atoms with E-state index in [0.29, 0.717) is 12.1 Å². The first-order chi connectivity index (χ1) is 11.6. The van der Waals surface area contributed by atoms with Gasteiger partial charge in [0, 0.05) is 23.7 Å². The number of nitrogens with zero attached hydrogens (tertiary/aromatic N) is 2. The molecule has 24 heavy (non-hydrogen) atoms. The minimum Gasteiger partial charge on any atom is -0.481 e. The fourth-order valence-corrected chi connectivity index (χ4v) is 3.11. The normalized spacial score (nSPS) is 14.2. The average Bonchev–Trinajstić information content (AvgIpc) is 3.15. The number of fused-ring (bicyclic) bond motifs is 1. The standard InChI is InChI=1S/C18H21N3O3/c1-12(10-11-16(22)23)19-18(24)17-14-8-5-9-15(14)21(20-17)13-6-3-2-4-7-13/h2-4,6-7,12H,5,8-11H2,1H3,(H,19,24)(H,22,23).